The molecule has 5 nitrogen and oxygen atoms in total. The molecular weight excluding hydrogens is 282 g/mol. The van der Waals surface area contributed by atoms with Crippen LogP contribution in [0.5, 0.6) is 5.75 Å². The Kier molecular flexibility index (Phi) is 7.36. The van der Waals surface area contributed by atoms with Gasteiger partial charge in [0.1, 0.15) is 5.75 Å². The molecule has 112 valence electrons. The molecule has 1 aromatic rings. The minimum absolute atomic E-state index is 0.387. The molecule has 0 aliphatic rings. The number of rotatable bonds is 9. The number of hydrogen-bond donors (Lipinski definition) is 2. The molecule has 1 atom stereocenters. The Balaban J connectivity index is 2.79. The van der Waals surface area contributed by atoms with Crippen LogP contribution < -0.4 is 10.1 Å². The highest BCUT2D eigenvalue weighted by Crippen LogP contribution is 2.27. The molecule has 0 amide bonds. The Hall–Kier alpha value is -1.30. The predicted molar refractivity (Wildman–Crippen MR) is 77.4 cm³/mol. The average Bonchev–Trinajstić information content (AvgIpc) is 2.42. The zero-order valence-corrected chi connectivity index (χ0v) is 12.4. The van der Waals surface area contributed by atoms with Crippen molar-refractivity contribution >= 4 is 17.6 Å². The third-order valence-corrected chi connectivity index (χ3v) is 3.13. The van der Waals surface area contributed by atoms with E-state index in [9.17, 15) is 4.79 Å². The lowest BCUT2D eigenvalue weighted by Crippen LogP contribution is -2.27. The van der Waals surface area contributed by atoms with Gasteiger partial charge in [-0.1, -0.05) is 24.6 Å². The summed E-state index contributed by atoms with van der Waals surface area (Å²) in [4.78, 5) is 11.0. The van der Waals surface area contributed by atoms with Gasteiger partial charge in [0, 0.05) is 30.8 Å². The molecule has 0 aliphatic carbocycles. The molecule has 20 heavy (non-hydrogen) atoms. The fourth-order valence-electron chi connectivity index (χ4n) is 1.67. The highest BCUT2D eigenvalue weighted by molar-refractivity contribution is 6.31. The van der Waals surface area contributed by atoms with E-state index >= 15 is 0 Å². The van der Waals surface area contributed by atoms with E-state index in [0.29, 0.717) is 36.9 Å². The maximum atomic E-state index is 11.0. The van der Waals surface area contributed by atoms with Crippen LogP contribution in [0.15, 0.2) is 18.2 Å². The zero-order chi connectivity index (χ0) is 15.0. The van der Waals surface area contributed by atoms with Gasteiger partial charge in [-0.05, 0) is 18.6 Å². The van der Waals surface area contributed by atoms with Gasteiger partial charge in [0.15, 0.2) is 6.10 Å². The van der Waals surface area contributed by atoms with E-state index in [2.05, 4.69) is 5.32 Å². The number of hydrogen-bond acceptors (Lipinski definition) is 4. The molecule has 0 bridgehead atoms. The van der Waals surface area contributed by atoms with E-state index in [1.165, 1.54) is 0 Å². The predicted octanol–water partition coefficient (Wildman–Crippen LogP) is 2.32. The molecule has 0 heterocycles. The second kappa shape index (κ2) is 8.79. The Bertz CT molecular complexity index is 439. The molecule has 6 heteroatoms. The molecule has 2 N–H and O–H groups in total. The van der Waals surface area contributed by atoms with Gasteiger partial charge in [-0.3, -0.25) is 0 Å². The number of aliphatic carboxylic acids is 1. The summed E-state index contributed by atoms with van der Waals surface area (Å²) < 4.78 is 10.5. The second-order valence-electron chi connectivity index (χ2n) is 4.24. The molecule has 0 spiro atoms. The molecule has 0 aromatic heterocycles. The van der Waals surface area contributed by atoms with E-state index in [1.807, 2.05) is 0 Å². The topological polar surface area (TPSA) is 67.8 Å². The van der Waals surface area contributed by atoms with E-state index in [1.54, 1.807) is 32.2 Å². The first-order chi connectivity index (χ1) is 9.60. The average molecular weight is 302 g/mol. The van der Waals surface area contributed by atoms with Crippen molar-refractivity contribution in [1.82, 2.24) is 5.32 Å². The lowest BCUT2D eigenvalue weighted by atomic mass is 10.2. The van der Waals surface area contributed by atoms with Crippen molar-refractivity contribution in [3.05, 3.63) is 28.8 Å². The van der Waals surface area contributed by atoms with Crippen molar-refractivity contribution in [3.8, 4) is 5.75 Å². The van der Waals surface area contributed by atoms with Gasteiger partial charge in [-0.25, -0.2) is 4.79 Å². The second-order valence-corrected chi connectivity index (χ2v) is 4.65. The Morgan fingerprint density at radius 2 is 2.25 bits per heavy atom. The Labute approximate surface area is 123 Å². The lowest BCUT2D eigenvalue weighted by Gasteiger charge is -2.17. The monoisotopic (exact) mass is 301 g/mol. The van der Waals surface area contributed by atoms with Gasteiger partial charge in [-0.2, -0.15) is 0 Å². The third-order valence-electron chi connectivity index (χ3n) is 2.78. The SMILES string of the molecule is CCC(Oc1cccc(Cl)c1CNCCOC)C(=O)O. The smallest absolute Gasteiger partial charge is 0.344 e. The summed E-state index contributed by atoms with van der Waals surface area (Å²) >= 11 is 6.15. The highest BCUT2D eigenvalue weighted by Gasteiger charge is 2.19. The van der Waals surface area contributed by atoms with Crippen molar-refractivity contribution in [1.29, 1.82) is 0 Å². The van der Waals surface area contributed by atoms with Gasteiger partial charge in [0.25, 0.3) is 0 Å². The van der Waals surface area contributed by atoms with Crippen LogP contribution in [-0.2, 0) is 16.1 Å². The van der Waals surface area contributed by atoms with E-state index in [0.717, 1.165) is 5.56 Å². The van der Waals surface area contributed by atoms with Crippen LogP contribution in [-0.4, -0.2) is 37.4 Å². The number of carboxylic acids is 1. The molecular formula is C14H20ClNO4. The third kappa shape index (κ3) is 5.00. The van der Waals surface area contributed by atoms with Gasteiger partial charge in [-0.15, -0.1) is 0 Å². The molecule has 1 rings (SSSR count). The summed E-state index contributed by atoms with van der Waals surface area (Å²) in [6.07, 6.45) is -0.482. The first kappa shape index (κ1) is 16.8. The van der Waals surface area contributed by atoms with Crippen LogP contribution in [0.3, 0.4) is 0 Å². The largest absolute Gasteiger partial charge is 0.479 e. The number of ether oxygens (including phenoxy) is 2. The normalized spacial score (nSPS) is 12.2. The quantitative estimate of drug-likeness (QED) is 0.685. The number of halogens is 1. The van der Waals surface area contributed by atoms with E-state index in [4.69, 9.17) is 26.2 Å². The van der Waals surface area contributed by atoms with Gasteiger partial charge >= 0.3 is 5.97 Å². The fraction of sp³-hybridized carbons (Fsp3) is 0.500. The zero-order valence-electron chi connectivity index (χ0n) is 11.7. The number of benzene rings is 1. The van der Waals surface area contributed by atoms with Crippen LogP contribution in [0.25, 0.3) is 0 Å². The molecule has 0 fully saturated rings. The molecule has 0 radical (unpaired) electrons. The van der Waals surface area contributed by atoms with Crippen LogP contribution >= 0.6 is 11.6 Å². The van der Waals surface area contributed by atoms with Crippen molar-refractivity contribution in [2.45, 2.75) is 26.0 Å². The van der Waals surface area contributed by atoms with Crippen LogP contribution in [0.1, 0.15) is 18.9 Å². The van der Waals surface area contributed by atoms with Crippen LogP contribution in [0.4, 0.5) is 0 Å². The van der Waals surface area contributed by atoms with E-state index in [-0.39, 0.29) is 0 Å². The van der Waals surface area contributed by atoms with Crippen molar-refractivity contribution in [2.24, 2.45) is 0 Å². The Morgan fingerprint density at radius 3 is 2.85 bits per heavy atom. The van der Waals surface area contributed by atoms with Crippen molar-refractivity contribution in [3.63, 3.8) is 0 Å². The number of methoxy groups -OCH3 is 1. The lowest BCUT2D eigenvalue weighted by molar-refractivity contribution is -0.145. The van der Waals surface area contributed by atoms with Crippen LogP contribution in [0.2, 0.25) is 5.02 Å². The van der Waals surface area contributed by atoms with Gasteiger partial charge in [0.2, 0.25) is 0 Å². The summed E-state index contributed by atoms with van der Waals surface area (Å²) in [6, 6.07) is 5.22. The minimum atomic E-state index is -0.981. The first-order valence-electron chi connectivity index (χ1n) is 6.46. The number of nitrogens with one attached hydrogen (secondary N) is 1. The maximum Gasteiger partial charge on any atom is 0.344 e. The van der Waals surface area contributed by atoms with Crippen molar-refractivity contribution < 1.29 is 19.4 Å². The van der Waals surface area contributed by atoms with E-state index < -0.39 is 12.1 Å². The summed E-state index contributed by atoms with van der Waals surface area (Å²) in [7, 11) is 1.63. The Morgan fingerprint density at radius 1 is 1.50 bits per heavy atom. The molecule has 1 unspecified atom stereocenters. The van der Waals surface area contributed by atoms with Gasteiger partial charge in [0.05, 0.1) is 6.61 Å². The molecule has 1 aromatic carbocycles. The summed E-state index contributed by atoms with van der Waals surface area (Å²) in [5, 5.41) is 12.8. The fourth-order valence-corrected chi connectivity index (χ4v) is 1.90. The number of carboxylic acid groups (broad SMARTS) is 1. The maximum absolute atomic E-state index is 11.0. The summed E-state index contributed by atoms with van der Waals surface area (Å²) in [6.45, 7) is 3.53. The summed E-state index contributed by atoms with van der Waals surface area (Å²) in [5.41, 5.74) is 0.755. The van der Waals surface area contributed by atoms with Crippen molar-refractivity contribution in [2.75, 3.05) is 20.3 Å². The highest BCUT2D eigenvalue weighted by atomic mass is 35.5. The molecule has 0 saturated carbocycles. The van der Waals surface area contributed by atoms with Gasteiger partial charge < -0.3 is 19.9 Å². The number of carbonyl (C=O) groups is 1. The summed E-state index contributed by atoms with van der Waals surface area (Å²) in [5.74, 6) is -0.484. The molecule has 0 aliphatic heterocycles. The first-order valence-corrected chi connectivity index (χ1v) is 6.84. The molecule has 0 saturated heterocycles. The minimum Gasteiger partial charge on any atom is -0.479 e. The standard InChI is InChI=1S/C14H20ClNO4/c1-3-12(14(17)18)20-13-6-4-5-11(15)10(13)9-16-7-8-19-2/h4-6,12,16H,3,7-9H2,1-2H3,(H,17,18). The van der Waals surface area contributed by atoms with Crippen LogP contribution in [0, 0.1) is 0 Å².